The zero-order valence-corrected chi connectivity index (χ0v) is 37.8. The highest BCUT2D eigenvalue weighted by molar-refractivity contribution is 6.39. The predicted octanol–water partition coefficient (Wildman–Crippen LogP) is 10.7. The Morgan fingerprint density at radius 1 is 0.606 bits per heavy atom. The van der Waals surface area contributed by atoms with Gasteiger partial charge in [-0.05, 0) is 109 Å². The molecule has 0 fully saturated rings. The van der Waals surface area contributed by atoms with Gasteiger partial charge in [0.1, 0.15) is 36.2 Å². The van der Waals surface area contributed by atoms with Gasteiger partial charge in [-0.3, -0.25) is 14.4 Å². The molecule has 3 N–H and O–H groups in total. The van der Waals surface area contributed by atoms with Crippen molar-refractivity contribution in [2.45, 2.75) is 46.0 Å². The molecule has 0 atom stereocenters. The van der Waals surface area contributed by atoms with E-state index in [1.807, 2.05) is 18.2 Å². The van der Waals surface area contributed by atoms with Crippen LogP contribution in [0.1, 0.15) is 80.4 Å². The number of nitrogens with zero attached hydrogens (tertiary/aromatic N) is 3. The number of rotatable bonds is 11. The third-order valence-corrected chi connectivity index (χ3v) is 9.48. The van der Waals surface area contributed by atoms with Crippen molar-refractivity contribution in [3.8, 4) is 35.5 Å². The van der Waals surface area contributed by atoms with Crippen LogP contribution in [-0.4, -0.2) is 45.8 Å². The lowest BCUT2D eigenvalue weighted by Gasteiger charge is -2.07. The average Bonchev–Trinajstić information content (AvgIpc) is 3.32. The summed E-state index contributed by atoms with van der Waals surface area (Å²) in [5.41, 5.74) is 4.43. The SMILES string of the molecule is Cc1cc(F)ccc1NC(=O)CCC#Cc1ccccn1.O=C(NCCC#Cc1cccc(CF)n1)c1c(Cl)cccc1Cl.O=C(NCCC#Cc1cccc(CF)n1)c1ccccc1Cl. The van der Waals surface area contributed by atoms with E-state index < -0.39 is 13.3 Å². The van der Waals surface area contributed by atoms with E-state index in [4.69, 9.17) is 34.8 Å². The highest BCUT2D eigenvalue weighted by atomic mass is 35.5. The molecule has 15 heteroatoms. The number of hydrogen-bond donors (Lipinski definition) is 3. The number of benzene rings is 3. The number of alkyl halides is 2. The van der Waals surface area contributed by atoms with Crippen LogP contribution in [0.2, 0.25) is 15.1 Å². The molecule has 0 saturated carbocycles. The highest BCUT2D eigenvalue weighted by Gasteiger charge is 2.13. The van der Waals surface area contributed by atoms with Crippen molar-refractivity contribution in [1.82, 2.24) is 25.6 Å². The second-order valence-corrected chi connectivity index (χ2v) is 14.7. The summed E-state index contributed by atoms with van der Waals surface area (Å²) in [6, 6.07) is 31.5. The second-order valence-electron chi connectivity index (χ2n) is 13.5. The van der Waals surface area contributed by atoms with Gasteiger partial charge in [0, 0.05) is 50.7 Å². The van der Waals surface area contributed by atoms with Crippen molar-refractivity contribution in [3.05, 3.63) is 188 Å². The fourth-order valence-corrected chi connectivity index (χ4v) is 6.11. The normalized spacial score (nSPS) is 9.74. The number of halogens is 6. The van der Waals surface area contributed by atoms with Crippen LogP contribution in [0.4, 0.5) is 18.9 Å². The van der Waals surface area contributed by atoms with E-state index in [0.29, 0.717) is 92.7 Å². The zero-order valence-electron chi connectivity index (χ0n) is 35.5. The van der Waals surface area contributed by atoms with Crippen LogP contribution >= 0.6 is 34.8 Å². The first-order valence-electron chi connectivity index (χ1n) is 20.2. The fraction of sp³-hybridized carbons (Fsp3) is 0.176. The van der Waals surface area contributed by atoms with Crippen LogP contribution < -0.4 is 16.0 Å². The van der Waals surface area contributed by atoms with Gasteiger partial charge in [0.15, 0.2) is 0 Å². The maximum atomic E-state index is 13.0. The Labute approximate surface area is 396 Å². The Balaban J connectivity index is 0.000000217. The molecule has 6 aromatic rings. The molecular formula is C51H42Cl3F3N6O3. The number of carbonyl (C=O) groups is 3. The monoisotopic (exact) mass is 948 g/mol. The summed E-state index contributed by atoms with van der Waals surface area (Å²) < 4.78 is 37.9. The first kappa shape index (κ1) is 51.5. The second kappa shape index (κ2) is 28.6. The molecule has 336 valence electrons. The number of aromatic nitrogens is 3. The minimum absolute atomic E-state index is 0.139. The molecule has 0 spiro atoms. The van der Waals surface area contributed by atoms with E-state index in [-0.39, 0.29) is 35.5 Å². The Morgan fingerprint density at radius 2 is 1.14 bits per heavy atom. The van der Waals surface area contributed by atoms with Gasteiger partial charge in [0.2, 0.25) is 5.91 Å². The molecule has 0 aliphatic carbocycles. The molecule has 66 heavy (non-hydrogen) atoms. The van der Waals surface area contributed by atoms with Gasteiger partial charge >= 0.3 is 0 Å². The van der Waals surface area contributed by atoms with E-state index in [9.17, 15) is 27.6 Å². The van der Waals surface area contributed by atoms with E-state index in [1.54, 1.807) is 98.0 Å². The Bertz CT molecular complexity index is 2760. The van der Waals surface area contributed by atoms with Gasteiger partial charge in [-0.25, -0.2) is 28.1 Å². The average molecular weight is 950 g/mol. The van der Waals surface area contributed by atoms with Crippen molar-refractivity contribution in [3.63, 3.8) is 0 Å². The Morgan fingerprint density at radius 3 is 1.71 bits per heavy atom. The van der Waals surface area contributed by atoms with E-state index in [1.165, 1.54) is 12.1 Å². The van der Waals surface area contributed by atoms with Gasteiger partial charge in [0.05, 0.1) is 37.6 Å². The first-order chi connectivity index (χ1) is 32.0. The van der Waals surface area contributed by atoms with Gasteiger partial charge in [-0.2, -0.15) is 0 Å². The molecule has 3 aromatic heterocycles. The van der Waals surface area contributed by atoms with Crippen LogP contribution in [0.15, 0.2) is 121 Å². The lowest BCUT2D eigenvalue weighted by atomic mass is 10.2. The van der Waals surface area contributed by atoms with Gasteiger partial charge in [-0.1, -0.05) is 89.0 Å². The van der Waals surface area contributed by atoms with Crippen LogP contribution in [0.5, 0.6) is 0 Å². The van der Waals surface area contributed by atoms with Gasteiger partial charge in [0.25, 0.3) is 11.8 Å². The number of amides is 3. The molecular weight excluding hydrogens is 908 g/mol. The summed E-state index contributed by atoms with van der Waals surface area (Å²) in [6.45, 7) is 1.27. The fourth-order valence-electron chi connectivity index (χ4n) is 5.32. The highest BCUT2D eigenvalue weighted by Crippen LogP contribution is 2.24. The lowest BCUT2D eigenvalue weighted by Crippen LogP contribution is -2.24. The quantitative estimate of drug-likeness (QED) is 0.0877. The molecule has 0 unspecified atom stereocenters. The third-order valence-electron chi connectivity index (χ3n) is 8.52. The molecule has 3 aromatic carbocycles. The standard InChI is InChI=1S/C17H13Cl2FN2O.C17H14ClFN2O.C17H15FN2O/c18-14-8-4-9-15(19)16(14)17(23)21-10-2-1-5-12-6-3-7-13(11-20)22-12;18-16-10-2-1-9-15(16)17(22)20-11-4-3-6-13-7-5-8-14(12-19)21-13;1-13-12-14(18)9-10-16(13)20-17(21)8-3-2-6-15-7-4-5-11-19-15/h3-4,6-9H,2,10-11H2,(H,21,23);1-2,5,7-10H,4,11-12H2,(H,20,22);4-5,7,9-12H,3,8H2,1H3,(H,20,21). The predicted molar refractivity (Wildman–Crippen MR) is 254 cm³/mol. The maximum absolute atomic E-state index is 13.0. The topological polar surface area (TPSA) is 126 Å². The first-order valence-corrected chi connectivity index (χ1v) is 21.3. The van der Waals surface area contributed by atoms with Crippen LogP contribution in [-0.2, 0) is 18.1 Å². The molecule has 0 saturated heterocycles. The largest absolute Gasteiger partial charge is 0.351 e. The zero-order chi connectivity index (χ0) is 47.5. The molecule has 9 nitrogen and oxygen atoms in total. The van der Waals surface area contributed by atoms with Crippen molar-refractivity contribution in [2.75, 3.05) is 18.4 Å². The Kier molecular flexibility index (Phi) is 22.3. The number of pyridine rings is 3. The number of hydrogen-bond acceptors (Lipinski definition) is 6. The summed E-state index contributed by atoms with van der Waals surface area (Å²) in [4.78, 5) is 47.8. The van der Waals surface area contributed by atoms with Crippen molar-refractivity contribution in [1.29, 1.82) is 0 Å². The number of aryl methyl sites for hydroxylation is 1. The molecule has 0 aliphatic heterocycles. The number of carbonyl (C=O) groups excluding carboxylic acids is 3. The molecule has 3 amide bonds. The minimum Gasteiger partial charge on any atom is -0.351 e. The summed E-state index contributed by atoms with van der Waals surface area (Å²) in [6.07, 6.45) is 3.31. The van der Waals surface area contributed by atoms with Crippen molar-refractivity contribution in [2.24, 2.45) is 0 Å². The smallest absolute Gasteiger partial charge is 0.254 e. The summed E-state index contributed by atoms with van der Waals surface area (Å²) in [7, 11) is 0. The minimum atomic E-state index is -0.621. The van der Waals surface area contributed by atoms with Crippen LogP contribution in [0.3, 0.4) is 0 Å². The maximum Gasteiger partial charge on any atom is 0.254 e. The molecule has 6 rings (SSSR count). The lowest BCUT2D eigenvalue weighted by molar-refractivity contribution is -0.116. The van der Waals surface area contributed by atoms with Crippen molar-refractivity contribution >= 4 is 58.2 Å². The van der Waals surface area contributed by atoms with Crippen LogP contribution in [0.25, 0.3) is 0 Å². The molecule has 0 aliphatic rings. The van der Waals surface area contributed by atoms with Gasteiger partial charge < -0.3 is 16.0 Å². The molecule has 0 bridgehead atoms. The van der Waals surface area contributed by atoms with Crippen LogP contribution in [0, 0.1) is 48.3 Å². The van der Waals surface area contributed by atoms with E-state index >= 15 is 0 Å². The molecule has 3 heterocycles. The Hall–Kier alpha value is -7.14. The van der Waals surface area contributed by atoms with E-state index in [0.717, 1.165) is 0 Å². The van der Waals surface area contributed by atoms with E-state index in [2.05, 4.69) is 66.4 Å². The summed E-state index contributed by atoms with van der Waals surface area (Å²) in [5, 5.41) is 9.20. The third kappa shape index (κ3) is 18.5. The number of anilines is 1. The van der Waals surface area contributed by atoms with Crippen molar-refractivity contribution < 1.29 is 27.6 Å². The number of nitrogens with one attached hydrogen (secondary N) is 3. The summed E-state index contributed by atoms with van der Waals surface area (Å²) >= 11 is 17.9. The van der Waals surface area contributed by atoms with Gasteiger partial charge in [-0.15, -0.1) is 0 Å². The molecule has 0 radical (unpaired) electrons. The summed E-state index contributed by atoms with van der Waals surface area (Å²) in [5.74, 6) is 16.2.